The molecule has 2 aliphatic rings. The van der Waals surface area contributed by atoms with Crippen LogP contribution in [0.4, 0.5) is 0 Å². The smallest absolute Gasteiger partial charge is 0.0128 e. The summed E-state index contributed by atoms with van der Waals surface area (Å²) in [5.74, 6) is 7.79. The molecule has 0 fully saturated rings. The van der Waals surface area contributed by atoms with E-state index in [0.717, 1.165) is 0 Å². The van der Waals surface area contributed by atoms with E-state index in [4.69, 9.17) is 0 Å². The van der Waals surface area contributed by atoms with Gasteiger partial charge in [0.2, 0.25) is 0 Å². The minimum Gasteiger partial charge on any atom is -0.0787 e. The van der Waals surface area contributed by atoms with Gasteiger partial charge in [-0.05, 0) is 42.4 Å². The molecule has 0 heterocycles. The van der Waals surface area contributed by atoms with Crippen LogP contribution in [0.3, 0.4) is 0 Å². The van der Waals surface area contributed by atoms with Crippen molar-refractivity contribution in [3.05, 3.63) is 65.3 Å². The van der Waals surface area contributed by atoms with Crippen LogP contribution in [0.15, 0.2) is 59.7 Å². The van der Waals surface area contributed by atoms with Gasteiger partial charge in [-0.2, -0.15) is 0 Å². The fourth-order valence-corrected chi connectivity index (χ4v) is 3.48. The van der Waals surface area contributed by atoms with Gasteiger partial charge in [-0.25, -0.2) is 0 Å². The lowest BCUT2D eigenvalue weighted by molar-refractivity contribution is 0.300. The first-order chi connectivity index (χ1) is 10.1. The van der Waals surface area contributed by atoms with Crippen LogP contribution in [-0.4, -0.2) is 0 Å². The van der Waals surface area contributed by atoms with Gasteiger partial charge in [0.1, 0.15) is 0 Å². The summed E-state index contributed by atoms with van der Waals surface area (Å²) in [6, 6.07) is 10.3. The van der Waals surface area contributed by atoms with E-state index >= 15 is 0 Å². The van der Waals surface area contributed by atoms with E-state index in [-0.39, 0.29) is 5.41 Å². The molecule has 0 amide bonds. The molecule has 2 aliphatic carbocycles. The summed E-state index contributed by atoms with van der Waals surface area (Å²) in [4.78, 5) is 0. The SMILES string of the molecule is CC1=CC(C)(C)[C@@H]2C=C(C#C/C=C/c3ccccc3)[C@H]1C2. The zero-order valence-corrected chi connectivity index (χ0v) is 13.1. The van der Waals surface area contributed by atoms with Gasteiger partial charge in [-0.15, -0.1) is 0 Å². The third kappa shape index (κ3) is 2.88. The molecule has 106 valence electrons. The molecule has 21 heavy (non-hydrogen) atoms. The summed E-state index contributed by atoms with van der Waals surface area (Å²) >= 11 is 0. The average molecular weight is 274 g/mol. The molecule has 0 N–H and O–H groups in total. The molecule has 1 aromatic rings. The molecule has 1 aromatic carbocycles. The van der Waals surface area contributed by atoms with Crippen molar-refractivity contribution in [2.45, 2.75) is 27.2 Å². The molecule has 0 heteroatoms. The molecule has 0 unspecified atom stereocenters. The second-order valence-corrected chi connectivity index (χ2v) is 6.74. The topological polar surface area (TPSA) is 0 Å². The van der Waals surface area contributed by atoms with E-state index in [1.165, 1.54) is 23.1 Å². The Bertz CT molecular complexity index is 672. The number of fused-ring (bicyclic) bond motifs is 2. The van der Waals surface area contributed by atoms with Gasteiger partial charge in [-0.3, -0.25) is 0 Å². The van der Waals surface area contributed by atoms with Crippen LogP contribution in [0, 0.1) is 29.1 Å². The predicted molar refractivity (Wildman–Crippen MR) is 90.5 cm³/mol. The van der Waals surface area contributed by atoms with Gasteiger partial charge in [0, 0.05) is 11.5 Å². The van der Waals surface area contributed by atoms with Gasteiger partial charge >= 0.3 is 0 Å². The molecule has 0 saturated heterocycles. The molecular formula is C21H22. The number of allylic oxidation sites excluding steroid dienone is 5. The van der Waals surface area contributed by atoms with Gasteiger partial charge in [0.25, 0.3) is 0 Å². The quantitative estimate of drug-likeness (QED) is 0.484. The minimum atomic E-state index is 0.282. The lowest BCUT2D eigenvalue weighted by Gasteiger charge is -2.33. The van der Waals surface area contributed by atoms with Crippen molar-refractivity contribution in [3.8, 4) is 11.8 Å². The highest BCUT2D eigenvalue weighted by atomic mass is 14.4. The maximum Gasteiger partial charge on any atom is 0.0128 e. The molecule has 0 spiro atoms. The molecular weight excluding hydrogens is 252 g/mol. The van der Waals surface area contributed by atoms with Crippen LogP contribution in [0.2, 0.25) is 0 Å². The van der Waals surface area contributed by atoms with Crippen molar-refractivity contribution in [1.29, 1.82) is 0 Å². The first-order valence-electron chi connectivity index (χ1n) is 7.70. The van der Waals surface area contributed by atoms with Gasteiger partial charge < -0.3 is 0 Å². The fourth-order valence-electron chi connectivity index (χ4n) is 3.48. The molecule has 3 rings (SSSR count). The van der Waals surface area contributed by atoms with Crippen LogP contribution in [-0.2, 0) is 0 Å². The second kappa shape index (κ2) is 5.41. The lowest BCUT2D eigenvalue weighted by atomic mass is 9.71. The Labute approximate surface area is 128 Å². The minimum absolute atomic E-state index is 0.282. The summed E-state index contributed by atoms with van der Waals surface area (Å²) in [7, 11) is 0. The highest BCUT2D eigenvalue weighted by Gasteiger charge is 2.39. The lowest BCUT2D eigenvalue weighted by Crippen LogP contribution is -2.24. The molecule has 2 bridgehead atoms. The summed E-state index contributed by atoms with van der Waals surface area (Å²) in [6.07, 6.45) is 10.1. The predicted octanol–water partition coefficient (Wildman–Crippen LogP) is 5.25. The highest BCUT2D eigenvalue weighted by molar-refractivity contribution is 5.54. The summed E-state index contributed by atoms with van der Waals surface area (Å²) < 4.78 is 0. The highest BCUT2D eigenvalue weighted by Crippen LogP contribution is 2.49. The first kappa shape index (κ1) is 14.0. The normalized spacial score (nSPS) is 26.0. The van der Waals surface area contributed by atoms with Gasteiger partial charge in [-0.1, -0.05) is 73.7 Å². The monoisotopic (exact) mass is 274 g/mol. The molecule has 0 aromatic heterocycles. The number of hydrogen-bond acceptors (Lipinski definition) is 0. The van der Waals surface area contributed by atoms with E-state index in [1.807, 2.05) is 24.3 Å². The molecule has 2 atom stereocenters. The van der Waals surface area contributed by atoms with Crippen molar-refractivity contribution in [1.82, 2.24) is 0 Å². The Morgan fingerprint density at radius 3 is 2.71 bits per heavy atom. The van der Waals surface area contributed by atoms with E-state index in [9.17, 15) is 0 Å². The van der Waals surface area contributed by atoms with E-state index in [0.29, 0.717) is 11.8 Å². The molecule has 0 radical (unpaired) electrons. The van der Waals surface area contributed by atoms with Crippen LogP contribution in [0.5, 0.6) is 0 Å². The zero-order chi connectivity index (χ0) is 14.9. The van der Waals surface area contributed by atoms with Crippen molar-refractivity contribution < 1.29 is 0 Å². The van der Waals surface area contributed by atoms with Gasteiger partial charge in [0.05, 0.1) is 0 Å². The maximum atomic E-state index is 3.37. The number of benzene rings is 1. The summed E-state index contributed by atoms with van der Waals surface area (Å²) in [6.45, 7) is 6.92. The third-order valence-electron chi connectivity index (χ3n) is 4.73. The van der Waals surface area contributed by atoms with Crippen LogP contribution >= 0.6 is 0 Å². The average Bonchev–Trinajstić information content (AvgIpc) is 2.85. The maximum absolute atomic E-state index is 3.37. The zero-order valence-electron chi connectivity index (χ0n) is 13.1. The Kier molecular flexibility index (Phi) is 3.60. The summed E-state index contributed by atoms with van der Waals surface area (Å²) in [5.41, 5.74) is 4.28. The Hall–Kier alpha value is -2.00. The number of rotatable bonds is 1. The van der Waals surface area contributed by atoms with Crippen LogP contribution < -0.4 is 0 Å². The van der Waals surface area contributed by atoms with E-state index in [2.05, 4.69) is 63.0 Å². The van der Waals surface area contributed by atoms with Crippen LogP contribution in [0.1, 0.15) is 32.8 Å². The second-order valence-electron chi connectivity index (χ2n) is 6.74. The van der Waals surface area contributed by atoms with Crippen molar-refractivity contribution in [2.24, 2.45) is 17.3 Å². The van der Waals surface area contributed by atoms with Crippen molar-refractivity contribution in [2.75, 3.05) is 0 Å². The van der Waals surface area contributed by atoms with E-state index < -0.39 is 0 Å². The number of hydrogen-bond donors (Lipinski definition) is 0. The molecule has 0 aliphatic heterocycles. The fraction of sp³-hybridized carbons (Fsp3) is 0.333. The molecule has 0 saturated carbocycles. The Morgan fingerprint density at radius 2 is 1.95 bits per heavy atom. The molecule has 0 nitrogen and oxygen atoms in total. The largest absolute Gasteiger partial charge is 0.0787 e. The first-order valence-corrected chi connectivity index (χ1v) is 7.70. The standard InChI is InChI=1S/C21H22/c1-16-15-21(2,3)19-13-18(20(16)14-19)12-8-7-11-17-9-5-4-6-10-17/h4-7,9-11,13,15,19-20H,14H2,1-3H3/b11-7+/t19-,20+/m1/s1. The van der Waals surface area contributed by atoms with Crippen molar-refractivity contribution in [3.63, 3.8) is 0 Å². The third-order valence-corrected chi connectivity index (χ3v) is 4.73. The van der Waals surface area contributed by atoms with E-state index in [1.54, 1.807) is 0 Å². The van der Waals surface area contributed by atoms with Gasteiger partial charge in [0.15, 0.2) is 0 Å². The van der Waals surface area contributed by atoms with Crippen LogP contribution in [0.25, 0.3) is 6.08 Å². The summed E-state index contributed by atoms with van der Waals surface area (Å²) in [5, 5.41) is 0. The Morgan fingerprint density at radius 1 is 1.19 bits per heavy atom. The van der Waals surface area contributed by atoms with Crippen molar-refractivity contribution >= 4 is 6.08 Å². The Balaban J connectivity index is 1.76.